The second kappa shape index (κ2) is 8.26. The van der Waals surface area contributed by atoms with Crippen molar-refractivity contribution in [3.8, 4) is 0 Å². The van der Waals surface area contributed by atoms with Gasteiger partial charge < -0.3 is 27.1 Å². The third-order valence-corrected chi connectivity index (χ3v) is 5.17. The first-order valence-electron chi connectivity index (χ1n) is 9.40. The number of aryl methyl sites for hydroxylation is 1. The minimum atomic E-state index is -0.807. The molecule has 0 aromatic carbocycles. The smallest absolute Gasteiger partial charge is 0.314 e. The van der Waals surface area contributed by atoms with Crippen LogP contribution in [0.15, 0.2) is 24.5 Å². The lowest BCUT2D eigenvalue weighted by Crippen LogP contribution is -2.46. The molecule has 6 N–H and O–H groups in total. The highest BCUT2D eigenvalue weighted by atomic mass is 16.2. The Morgan fingerprint density at radius 2 is 2.00 bits per heavy atom. The van der Waals surface area contributed by atoms with Crippen molar-refractivity contribution >= 4 is 35.2 Å². The number of amides is 2. The summed E-state index contributed by atoms with van der Waals surface area (Å²) in [6, 6.07) is 3.63. The van der Waals surface area contributed by atoms with E-state index in [0.29, 0.717) is 6.54 Å². The molecule has 3 rings (SSSR count). The fourth-order valence-corrected chi connectivity index (χ4v) is 3.51. The first kappa shape index (κ1) is 20.2. The van der Waals surface area contributed by atoms with E-state index in [1.165, 1.54) is 6.20 Å². The summed E-state index contributed by atoms with van der Waals surface area (Å²) in [5, 5.41) is 9.90. The van der Waals surface area contributed by atoms with E-state index in [4.69, 9.17) is 16.9 Å². The molecule has 2 aromatic rings. The molecule has 0 saturated carbocycles. The Bertz CT molecular complexity index is 943. The number of rotatable bonds is 3. The van der Waals surface area contributed by atoms with Crippen molar-refractivity contribution in [1.82, 2.24) is 14.9 Å². The van der Waals surface area contributed by atoms with Crippen molar-refractivity contribution in [2.45, 2.75) is 32.7 Å². The van der Waals surface area contributed by atoms with Gasteiger partial charge in [-0.1, -0.05) is 13.0 Å². The van der Waals surface area contributed by atoms with Gasteiger partial charge in [0.05, 0.1) is 29.2 Å². The van der Waals surface area contributed by atoms with Crippen LogP contribution in [0.3, 0.4) is 0 Å². The molecule has 152 valence electrons. The maximum absolute atomic E-state index is 13.0. The number of aromatic nitrogens is 2. The molecule has 0 spiro atoms. The first-order valence-corrected chi connectivity index (χ1v) is 9.40. The molecule has 29 heavy (non-hydrogen) atoms. The predicted molar refractivity (Wildman–Crippen MR) is 111 cm³/mol. The van der Waals surface area contributed by atoms with E-state index in [-0.39, 0.29) is 34.7 Å². The number of hydrogen-bond acceptors (Lipinski definition) is 7. The Labute approximate surface area is 169 Å². The van der Waals surface area contributed by atoms with Gasteiger partial charge in [-0.05, 0) is 37.3 Å². The van der Waals surface area contributed by atoms with E-state index < -0.39 is 11.8 Å². The van der Waals surface area contributed by atoms with Gasteiger partial charge >= 0.3 is 11.8 Å². The van der Waals surface area contributed by atoms with Crippen LogP contribution in [0, 0.1) is 18.3 Å². The minimum absolute atomic E-state index is 0.0821. The Morgan fingerprint density at radius 3 is 2.66 bits per heavy atom. The molecule has 9 nitrogen and oxygen atoms in total. The van der Waals surface area contributed by atoms with E-state index in [1.807, 2.05) is 19.1 Å². The largest absolute Gasteiger partial charge is 0.396 e. The zero-order valence-corrected chi connectivity index (χ0v) is 16.5. The number of carbonyl (C=O) groups excluding carboxylic acids is 2. The first-order chi connectivity index (χ1) is 13.8. The van der Waals surface area contributed by atoms with Crippen molar-refractivity contribution in [3.63, 3.8) is 0 Å². The maximum atomic E-state index is 13.0. The summed E-state index contributed by atoms with van der Waals surface area (Å²) in [5.74, 6) is -1.08. The topological polar surface area (TPSA) is 151 Å². The third-order valence-electron chi connectivity index (χ3n) is 5.17. The van der Waals surface area contributed by atoms with Crippen molar-refractivity contribution < 1.29 is 9.59 Å². The molecule has 2 amide bonds. The van der Waals surface area contributed by atoms with E-state index in [9.17, 15) is 9.59 Å². The average Bonchev–Trinajstić information content (AvgIpc) is 2.70. The van der Waals surface area contributed by atoms with Crippen LogP contribution < -0.4 is 16.8 Å². The van der Waals surface area contributed by atoms with Crippen LogP contribution in [-0.2, 0) is 9.59 Å². The summed E-state index contributed by atoms with van der Waals surface area (Å²) in [4.78, 5) is 35.5. The van der Waals surface area contributed by atoms with Gasteiger partial charge in [-0.2, -0.15) is 0 Å². The second-order valence-electron chi connectivity index (χ2n) is 7.37. The normalized spacial score (nSPS) is 18.9. The molecule has 2 aromatic heterocycles. The monoisotopic (exact) mass is 395 g/mol. The van der Waals surface area contributed by atoms with Crippen LogP contribution in [0.25, 0.3) is 0 Å². The lowest BCUT2D eigenvalue weighted by molar-refractivity contribution is -0.146. The number of nitrogens with zero attached hydrogens (tertiary/aromatic N) is 3. The highest BCUT2D eigenvalue weighted by Gasteiger charge is 2.34. The highest BCUT2D eigenvalue weighted by Crippen LogP contribution is 2.33. The highest BCUT2D eigenvalue weighted by molar-refractivity contribution is 6.40. The molecule has 9 heteroatoms. The van der Waals surface area contributed by atoms with Gasteiger partial charge in [0.2, 0.25) is 0 Å². The van der Waals surface area contributed by atoms with E-state index >= 15 is 0 Å². The predicted octanol–water partition coefficient (Wildman–Crippen LogP) is 1.89. The Balaban J connectivity index is 1.83. The summed E-state index contributed by atoms with van der Waals surface area (Å²) in [6.45, 7) is 4.43. The molecule has 3 heterocycles. The van der Waals surface area contributed by atoms with Crippen LogP contribution in [0.2, 0.25) is 0 Å². The number of nitrogens with one attached hydrogen (secondary N) is 2. The van der Waals surface area contributed by atoms with Crippen molar-refractivity contribution in [3.05, 3.63) is 41.3 Å². The molecule has 1 aliphatic rings. The summed E-state index contributed by atoms with van der Waals surface area (Å²) in [5.41, 5.74) is 13.9. The van der Waals surface area contributed by atoms with Gasteiger partial charge in [-0.15, -0.1) is 0 Å². The SMILES string of the molecule is Cc1ccc([C@H]2CC[C@@H](C)CN2C(=O)C(=O)Nc2cnc(N)c(C=N)c2N)cn1. The lowest BCUT2D eigenvalue weighted by Gasteiger charge is -2.38. The van der Waals surface area contributed by atoms with Crippen LogP contribution in [-0.4, -0.2) is 39.4 Å². The standard InChI is InChI=1S/C20H25N7O2/c1-11-3-6-16(13-5-4-12(2)24-8-13)27(10-11)20(29)19(28)26-15-9-25-18(23)14(7-21)17(15)22/h4-5,7-9,11,16,21H,3,6,10H2,1-2H3,(H,26,28)(H4,22,23,25)/t11-,16-/m1/s1. The van der Waals surface area contributed by atoms with Gasteiger partial charge in [0.1, 0.15) is 5.82 Å². The number of likely N-dealkylation sites (tertiary alicyclic amines) is 1. The molecule has 0 bridgehead atoms. The number of anilines is 3. The van der Waals surface area contributed by atoms with Crippen molar-refractivity contribution in [2.75, 3.05) is 23.3 Å². The Hall–Kier alpha value is -3.49. The molecule has 0 unspecified atom stereocenters. The molecule has 0 aliphatic carbocycles. The summed E-state index contributed by atoms with van der Waals surface area (Å²) < 4.78 is 0. The van der Waals surface area contributed by atoms with Gasteiger partial charge in [-0.25, -0.2) is 4.98 Å². The minimum Gasteiger partial charge on any atom is -0.396 e. The zero-order valence-electron chi connectivity index (χ0n) is 16.5. The number of nitrogen functional groups attached to an aromatic ring is 2. The third kappa shape index (κ3) is 4.18. The van der Waals surface area contributed by atoms with Crippen LogP contribution >= 0.6 is 0 Å². The number of carbonyl (C=O) groups is 2. The van der Waals surface area contributed by atoms with Crippen molar-refractivity contribution in [2.24, 2.45) is 5.92 Å². The fraction of sp³-hybridized carbons (Fsp3) is 0.350. The molecule has 1 fully saturated rings. The quantitative estimate of drug-likeness (QED) is 0.460. The molecule has 1 aliphatic heterocycles. The number of nitrogens with two attached hydrogens (primary N) is 2. The van der Waals surface area contributed by atoms with Gasteiger partial charge in [0, 0.05) is 24.7 Å². The fourth-order valence-electron chi connectivity index (χ4n) is 3.51. The molecular weight excluding hydrogens is 370 g/mol. The summed E-state index contributed by atoms with van der Waals surface area (Å²) >= 11 is 0. The zero-order chi connectivity index (χ0) is 21.1. The van der Waals surface area contributed by atoms with Crippen LogP contribution in [0.1, 0.15) is 42.6 Å². The Morgan fingerprint density at radius 1 is 1.24 bits per heavy atom. The van der Waals surface area contributed by atoms with Crippen LogP contribution in [0.4, 0.5) is 17.2 Å². The maximum Gasteiger partial charge on any atom is 0.314 e. The van der Waals surface area contributed by atoms with Gasteiger partial charge in [-0.3, -0.25) is 14.6 Å². The molecule has 0 radical (unpaired) electrons. The number of pyridine rings is 2. The molecule has 1 saturated heterocycles. The van der Waals surface area contributed by atoms with E-state index in [0.717, 1.165) is 30.3 Å². The number of hydrogen-bond donors (Lipinski definition) is 4. The second-order valence-corrected chi connectivity index (χ2v) is 7.37. The Kier molecular flexibility index (Phi) is 5.76. The number of piperidine rings is 1. The van der Waals surface area contributed by atoms with Gasteiger partial charge in [0.15, 0.2) is 0 Å². The summed E-state index contributed by atoms with van der Waals surface area (Å²) in [6.07, 6.45) is 5.72. The van der Waals surface area contributed by atoms with Crippen molar-refractivity contribution in [1.29, 1.82) is 5.41 Å². The van der Waals surface area contributed by atoms with Crippen LogP contribution in [0.5, 0.6) is 0 Å². The van der Waals surface area contributed by atoms with Gasteiger partial charge in [0.25, 0.3) is 0 Å². The van der Waals surface area contributed by atoms with E-state index in [2.05, 4.69) is 22.2 Å². The van der Waals surface area contributed by atoms with E-state index in [1.54, 1.807) is 11.1 Å². The lowest BCUT2D eigenvalue weighted by atomic mass is 9.90. The molecular formula is C20H25N7O2. The average molecular weight is 395 g/mol. The summed E-state index contributed by atoms with van der Waals surface area (Å²) in [7, 11) is 0. The molecule has 2 atom stereocenters.